The average Bonchev–Trinajstić information content (AvgIpc) is 2.44. The molecule has 0 amide bonds. The molecule has 0 radical (unpaired) electrons. The molecule has 0 spiro atoms. The van der Waals surface area contributed by atoms with Crippen molar-refractivity contribution in [2.45, 2.75) is 25.1 Å². The molecule has 1 unspecified atom stereocenters. The van der Waals surface area contributed by atoms with Gasteiger partial charge in [0.05, 0.1) is 26.9 Å². The second kappa shape index (κ2) is 6.32. The molecule has 1 aliphatic rings. The molecule has 1 heterocycles. The van der Waals surface area contributed by atoms with Gasteiger partial charge in [-0.3, -0.25) is 0 Å². The van der Waals surface area contributed by atoms with Gasteiger partial charge in [0, 0.05) is 11.4 Å². The molecule has 0 bridgehead atoms. The quantitative estimate of drug-likeness (QED) is 0.784. The minimum Gasteiger partial charge on any atom is -0.493 e. The Morgan fingerprint density at radius 2 is 2.05 bits per heavy atom. The van der Waals surface area contributed by atoms with E-state index >= 15 is 0 Å². The lowest BCUT2D eigenvalue weighted by Crippen LogP contribution is -2.23. The fourth-order valence-electron chi connectivity index (χ4n) is 2.64. The molecule has 1 aliphatic heterocycles. The van der Waals surface area contributed by atoms with Crippen LogP contribution in [-0.2, 0) is 17.3 Å². The largest absolute Gasteiger partial charge is 0.493 e. The maximum atomic E-state index is 13.5. The molecule has 0 saturated heterocycles. The van der Waals surface area contributed by atoms with Crippen molar-refractivity contribution in [1.29, 1.82) is 0 Å². The van der Waals surface area contributed by atoms with Crippen LogP contribution in [0.3, 0.4) is 0 Å². The molecule has 3 nitrogen and oxygen atoms in total. The summed E-state index contributed by atoms with van der Waals surface area (Å²) in [4.78, 5) is 0. The van der Waals surface area contributed by atoms with Crippen LogP contribution in [0.5, 0.6) is 11.5 Å². The van der Waals surface area contributed by atoms with Crippen molar-refractivity contribution >= 4 is 11.6 Å². The summed E-state index contributed by atoms with van der Waals surface area (Å²) in [6.45, 7) is 0.362. The first-order valence-electron chi connectivity index (χ1n) is 6.46. The van der Waals surface area contributed by atoms with E-state index in [9.17, 15) is 13.2 Å². The zero-order chi connectivity index (χ0) is 15.6. The Hall–Kier alpha value is -1.14. The van der Waals surface area contributed by atoms with Crippen LogP contribution in [0.4, 0.5) is 13.2 Å². The Morgan fingerprint density at radius 3 is 2.57 bits per heavy atom. The summed E-state index contributed by atoms with van der Waals surface area (Å²) in [6, 6.07) is 1.59. The van der Waals surface area contributed by atoms with Gasteiger partial charge < -0.3 is 14.2 Å². The molecule has 0 saturated carbocycles. The lowest BCUT2D eigenvalue weighted by atomic mass is 9.89. The number of rotatable bonds is 4. The van der Waals surface area contributed by atoms with Gasteiger partial charge in [-0.2, -0.15) is 13.2 Å². The normalized spacial score (nSPS) is 18.3. The number of benzene rings is 1. The molecule has 1 atom stereocenters. The SMILES string of the molecule is COc1cc2c(c(C(F)(F)F)c1OC)C(CCCl)OCC2. The molecule has 0 fully saturated rings. The van der Waals surface area contributed by atoms with Gasteiger partial charge >= 0.3 is 6.18 Å². The van der Waals surface area contributed by atoms with Crippen LogP contribution in [-0.4, -0.2) is 26.7 Å². The zero-order valence-corrected chi connectivity index (χ0v) is 12.5. The van der Waals surface area contributed by atoms with Crippen molar-refractivity contribution in [3.8, 4) is 11.5 Å². The molecule has 118 valence electrons. The van der Waals surface area contributed by atoms with Crippen LogP contribution in [0.1, 0.15) is 29.2 Å². The second-order valence-electron chi connectivity index (χ2n) is 4.64. The van der Waals surface area contributed by atoms with E-state index in [4.69, 9.17) is 25.8 Å². The third kappa shape index (κ3) is 3.06. The number of hydrogen-bond acceptors (Lipinski definition) is 3. The van der Waals surface area contributed by atoms with E-state index in [2.05, 4.69) is 0 Å². The summed E-state index contributed by atoms with van der Waals surface area (Å²) < 4.78 is 56.1. The molecule has 0 N–H and O–H groups in total. The minimum absolute atomic E-state index is 0.0788. The van der Waals surface area contributed by atoms with Crippen molar-refractivity contribution in [2.24, 2.45) is 0 Å². The summed E-state index contributed by atoms with van der Waals surface area (Å²) in [5, 5.41) is 0. The van der Waals surface area contributed by atoms with Crippen LogP contribution < -0.4 is 9.47 Å². The van der Waals surface area contributed by atoms with Gasteiger partial charge in [-0.15, -0.1) is 11.6 Å². The highest BCUT2D eigenvalue weighted by Gasteiger charge is 2.42. The topological polar surface area (TPSA) is 27.7 Å². The van der Waals surface area contributed by atoms with Gasteiger partial charge in [0.1, 0.15) is 5.56 Å². The highest BCUT2D eigenvalue weighted by Crippen LogP contribution is 2.49. The van der Waals surface area contributed by atoms with Gasteiger partial charge in [0.15, 0.2) is 11.5 Å². The van der Waals surface area contributed by atoms with E-state index in [0.717, 1.165) is 0 Å². The van der Waals surface area contributed by atoms with E-state index in [-0.39, 0.29) is 22.9 Å². The van der Waals surface area contributed by atoms with E-state index in [1.54, 1.807) is 6.07 Å². The number of hydrogen-bond donors (Lipinski definition) is 0. The van der Waals surface area contributed by atoms with Crippen molar-refractivity contribution in [3.63, 3.8) is 0 Å². The first kappa shape index (κ1) is 16.2. The van der Waals surface area contributed by atoms with E-state index in [0.29, 0.717) is 25.0 Å². The van der Waals surface area contributed by atoms with Gasteiger partial charge in [-0.25, -0.2) is 0 Å². The fourth-order valence-corrected chi connectivity index (χ4v) is 2.84. The smallest absolute Gasteiger partial charge is 0.420 e. The zero-order valence-electron chi connectivity index (χ0n) is 11.7. The lowest BCUT2D eigenvalue weighted by molar-refractivity contribution is -0.141. The highest BCUT2D eigenvalue weighted by atomic mass is 35.5. The maximum Gasteiger partial charge on any atom is 0.420 e. The molecule has 7 heteroatoms. The maximum absolute atomic E-state index is 13.5. The van der Waals surface area contributed by atoms with E-state index in [1.807, 2.05) is 0 Å². The molecule has 1 aromatic carbocycles. The third-order valence-electron chi connectivity index (χ3n) is 3.46. The molecule has 0 aromatic heterocycles. The van der Waals surface area contributed by atoms with Crippen molar-refractivity contribution < 1.29 is 27.4 Å². The first-order chi connectivity index (χ1) is 9.93. The standard InChI is InChI=1S/C14H16ClF3O3/c1-19-10-7-8-4-6-21-9(3-5-15)11(8)12(13(10)20-2)14(16,17)18/h7,9H,3-6H2,1-2H3. The Morgan fingerprint density at radius 1 is 1.33 bits per heavy atom. The van der Waals surface area contributed by atoms with Crippen LogP contribution in [0.15, 0.2) is 6.07 Å². The number of alkyl halides is 4. The van der Waals surface area contributed by atoms with Gasteiger partial charge in [0.2, 0.25) is 0 Å². The Bertz CT molecular complexity index is 517. The Kier molecular flexibility index (Phi) is 4.88. The monoisotopic (exact) mass is 324 g/mol. The Balaban J connectivity index is 2.72. The number of fused-ring (bicyclic) bond motifs is 1. The first-order valence-corrected chi connectivity index (χ1v) is 7.00. The summed E-state index contributed by atoms with van der Waals surface area (Å²) in [5.74, 6) is -0.0145. The second-order valence-corrected chi connectivity index (χ2v) is 5.02. The summed E-state index contributed by atoms with van der Waals surface area (Å²) in [6.07, 6.45) is -4.53. The molecular weight excluding hydrogens is 309 g/mol. The van der Waals surface area contributed by atoms with Crippen molar-refractivity contribution in [3.05, 3.63) is 22.8 Å². The molecule has 2 rings (SSSR count). The van der Waals surface area contributed by atoms with Crippen molar-refractivity contribution in [1.82, 2.24) is 0 Å². The third-order valence-corrected chi connectivity index (χ3v) is 3.68. The Labute approximate surface area is 125 Å². The summed E-state index contributed by atoms with van der Waals surface area (Å²) >= 11 is 5.68. The van der Waals surface area contributed by atoms with Crippen LogP contribution in [0.25, 0.3) is 0 Å². The molecule has 1 aromatic rings. The van der Waals surface area contributed by atoms with Crippen LogP contribution in [0.2, 0.25) is 0 Å². The summed E-state index contributed by atoms with van der Waals surface area (Å²) in [5.41, 5.74) is -0.137. The number of methoxy groups -OCH3 is 2. The van der Waals surface area contributed by atoms with Crippen LogP contribution in [0, 0.1) is 0 Å². The fraction of sp³-hybridized carbons (Fsp3) is 0.571. The molecule has 0 aliphatic carbocycles. The predicted molar refractivity (Wildman–Crippen MR) is 72.3 cm³/mol. The van der Waals surface area contributed by atoms with Gasteiger partial charge in [0.25, 0.3) is 0 Å². The predicted octanol–water partition coefficient (Wildman–Crippen LogP) is 3.97. The number of ether oxygens (including phenoxy) is 3. The molecule has 21 heavy (non-hydrogen) atoms. The van der Waals surface area contributed by atoms with Crippen molar-refractivity contribution in [2.75, 3.05) is 26.7 Å². The van der Waals surface area contributed by atoms with Gasteiger partial charge in [-0.05, 0) is 24.5 Å². The van der Waals surface area contributed by atoms with Gasteiger partial charge in [-0.1, -0.05) is 0 Å². The van der Waals surface area contributed by atoms with E-state index < -0.39 is 17.8 Å². The highest BCUT2D eigenvalue weighted by molar-refractivity contribution is 6.17. The van der Waals surface area contributed by atoms with Crippen LogP contribution >= 0.6 is 11.6 Å². The van der Waals surface area contributed by atoms with E-state index in [1.165, 1.54) is 14.2 Å². The molecular formula is C14H16ClF3O3. The minimum atomic E-state index is -4.56. The summed E-state index contributed by atoms with van der Waals surface area (Å²) in [7, 11) is 2.51. The lowest BCUT2D eigenvalue weighted by Gasteiger charge is -2.30. The number of halogens is 4. The average molecular weight is 325 g/mol.